The van der Waals surface area contributed by atoms with Crippen molar-refractivity contribution in [3.8, 4) is 11.5 Å². The number of nitrogen functional groups attached to an aromatic ring is 1. The fourth-order valence-corrected chi connectivity index (χ4v) is 3.46. The molecule has 3 rings (SSSR count). The van der Waals surface area contributed by atoms with Crippen molar-refractivity contribution in [1.29, 1.82) is 0 Å². The van der Waals surface area contributed by atoms with Crippen molar-refractivity contribution in [1.82, 2.24) is 10.3 Å². The number of carbonyl (C=O) groups is 1. The van der Waals surface area contributed by atoms with E-state index in [9.17, 15) is 4.79 Å². The molecule has 0 aliphatic carbocycles. The minimum atomic E-state index is -0.245. The van der Waals surface area contributed by atoms with E-state index in [-0.39, 0.29) is 11.7 Å². The summed E-state index contributed by atoms with van der Waals surface area (Å²) in [7, 11) is 0. The van der Waals surface area contributed by atoms with Gasteiger partial charge in [-0.15, -0.1) is 11.8 Å². The number of hydrogen-bond acceptors (Lipinski definition) is 5. The SMILES string of the molecule is CSc1ccc(Oc2ccc(CNC(=O)c3cccnc3N)cc2)c(C)c1C. The summed E-state index contributed by atoms with van der Waals surface area (Å²) in [6.07, 6.45) is 3.63. The molecule has 0 bridgehead atoms. The fraction of sp³-hybridized carbons (Fsp3) is 0.182. The van der Waals surface area contributed by atoms with E-state index >= 15 is 0 Å². The van der Waals surface area contributed by atoms with Gasteiger partial charge in [0, 0.05) is 17.6 Å². The van der Waals surface area contributed by atoms with Crippen LogP contribution in [0.3, 0.4) is 0 Å². The Labute approximate surface area is 169 Å². The van der Waals surface area contributed by atoms with E-state index in [1.807, 2.05) is 30.3 Å². The van der Waals surface area contributed by atoms with Crippen LogP contribution in [-0.2, 0) is 6.54 Å². The fourth-order valence-electron chi connectivity index (χ4n) is 2.79. The normalized spacial score (nSPS) is 10.5. The van der Waals surface area contributed by atoms with Gasteiger partial charge < -0.3 is 15.8 Å². The second-order valence-corrected chi connectivity index (χ2v) is 7.23. The van der Waals surface area contributed by atoms with Crippen LogP contribution >= 0.6 is 11.8 Å². The van der Waals surface area contributed by atoms with Crippen molar-refractivity contribution in [2.45, 2.75) is 25.3 Å². The summed E-state index contributed by atoms with van der Waals surface area (Å²) in [6, 6.07) is 15.1. The highest BCUT2D eigenvalue weighted by Crippen LogP contribution is 2.32. The van der Waals surface area contributed by atoms with Gasteiger partial charge in [0.2, 0.25) is 0 Å². The molecule has 1 heterocycles. The molecule has 0 radical (unpaired) electrons. The molecule has 0 fully saturated rings. The van der Waals surface area contributed by atoms with Crippen molar-refractivity contribution in [3.05, 3.63) is 77.0 Å². The van der Waals surface area contributed by atoms with Gasteiger partial charge in [0.25, 0.3) is 5.91 Å². The predicted octanol–water partition coefficient (Wildman–Crippen LogP) is 4.72. The number of nitrogens with zero attached hydrogens (tertiary/aromatic N) is 1. The van der Waals surface area contributed by atoms with E-state index in [0.29, 0.717) is 12.1 Å². The number of thioether (sulfide) groups is 1. The van der Waals surface area contributed by atoms with Crippen molar-refractivity contribution < 1.29 is 9.53 Å². The molecule has 0 unspecified atom stereocenters. The average molecular weight is 394 g/mol. The summed E-state index contributed by atoms with van der Waals surface area (Å²) >= 11 is 1.73. The average Bonchev–Trinajstić information content (AvgIpc) is 2.71. The molecule has 0 saturated carbocycles. The van der Waals surface area contributed by atoms with Gasteiger partial charge in [-0.05, 0) is 73.2 Å². The number of benzene rings is 2. The molecular weight excluding hydrogens is 370 g/mol. The number of hydrogen-bond donors (Lipinski definition) is 2. The number of amides is 1. The molecule has 3 N–H and O–H groups in total. The Kier molecular flexibility index (Phi) is 6.21. The molecule has 0 spiro atoms. The van der Waals surface area contributed by atoms with Gasteiger partial charge in [0.05, 0.1) is 5.56 Å². The molecule has 144 valence electrons. The quantitative estimate of drug-likeness (QED) is 0.592. The highest BCUT2D eigenvalue weighted by Gasteiger charge is 2.10. The van der Waals surface area contributed by atoms with E-state index in [4.69, 9.17) is 10.5 Å². The maximum atomic E-state index is 12.2. The molecule has 1 amide bonds. The lowest BCUT2D eigenvalue weighted by atomic mass is 10.1. The summed E-state index contributed by atoms with van der Waals surface area (Å²) in [5.74, 6) is 1.59. The van der Waals surface area contributed by atoms with Crippen molar-refractivity contribution in [3.63, 3.8) is 0 Å². The van der Waals surface area contributed by atoms with Crippen LogP contribution < -0.4 is 15.8 Å². The summed E-state index contributed by atoms with van der Waals surface area (Å²) < 4.78 is 6.03. The zero-order valence-corrected chi connectivity index (χ0v) is 17.0. The Morgan fingerprint density at radius 1 is 1.11 bits per heavy atom. The monoisotopic (exact) mass is 393 g/mol. The number of pyridine rings is 1. The lowest BCUT2D eigenvalue weighted by molar-refractivity contribution is 0.0951. The van der Waals surface area contributed by atoms with Crippen molar-refractivity contribution in [2.75, 3.05) is 12.0 Å². The van der Waals surface area contributed by atoms with Gasteiger partial charge in [-0.1, -0.05) is 12.1 Å². The minimum absolute atomic E-state index is 0.224. The molecule has 0 aliphatic rings. The molecule has 1 aromatic heterocycles. The Morgan fingerprint density at radius 3 is 2.54 bits per heavy atom. The number of ether oxygens (including phenoxy) is 1. The Morgan fingerprint density at radius 2 is 1.86 bits per heavy atom. The third-order valence-corrected chi connectivity index (χ3v) is 5.48. The summed E-state index contributed by atoms with van der Waals surface area (Å²) in [5.41, 5.74) is 9.45. The second-order valence-electron chi connectivity index (χ2n) is 6.38. The van der Waals surface area contributed by atoms with Crippen LogP contribution in [0.4, 0.5) is 5.82 Å². The number of nitrogens with two attached hydrogens (primary N) is 1. The molecule has 0 saturated heterocycles. The molecule has 0 aliphatic heterocycles. The largest absolute Gasteiger partial charge is 0.457 e. The molecule has 2 aromatic carbocycles. The van der Waals surface area contributed by atoms with Gasteiger partial charge in [0.15, 0.2) is 0 Å². The van der Waals surface area contributed by atoms with Crippen LogP contribution in [0.1, 0.15) is 27.0 Å². The van der Waals surface area contributed by atoms with Crippen LogP contribution in [0.2, 0.25) is 0 Å². The zero-order valence-electron chi connectivity index (χ0n) is 16.2. The number of carbonyl (C=O) groups excluding carboxylic acids is 1. The molecule has 0 atom stereocenters. The topological polar surface area (TPSA) is 77.2 Å². The smallest absolute Gasteiger partial charge is 0.255 e. The third-order valence-electron chi connectivity index (χ3n) is 4.60. The van der Waals surface area contributed by atoms with Crippen LogP contribution in [0.25, 0.3) is 0 Å². The van der Waals surface area contributed by atoms with Crippen LogP contribution in [-0.4, -0.2) is 17.1 Å². The summed E-state index contributed by atoms with van der Waals surface area (Å²) in [5, 5.41) is 2.85. The first-order valence-electron chi connectivity index (χ1n) is 8.89. The first-order valence-corrected chi connectivity index (χ1v) is 10.1. The Balaban J connectivity index is 1.63. The van der Waals surface area contributed by atoms with E-state index in [1.165, 1.54) is 10.5 Å². The number of rotatable bonds is 6. The van der Waals surface area contributed by atoms with Gasteiger partial charge >= 0.3 is 0 Å². The van der Waals surface area contributed by atoms with Gasteiger partial charge in [-0.25, -0.2) is 4.98 Å². The summed E-state index contributed by atoms with van der Waals surface area (Å²) in [4.78, 5) is 17.4. The molecule has 5 nitrogen and oxygen atoms in total. The van der Waals surface area contributed by atoms with Crippen LogP contribution in [0, 0.1) is 13.8 Å². The first kappa shape index (κ1) is 19.8. The molecular formula is C22H23N3O2S. The number of aromatic nitrogens is 1. The maximum Gasteiger partial charge on any atom is 0.255 e. The standard InChI is InChI=1S/C22H23N3O2S/c1-14-15(2)20(28-3)11-10-19(14)27-17-8-6-16(7-9-17)13-25-22(26)18-5-4-12-24-21(18)23/h4-12H,13H2,1-3H3,(H2,23,24)(H,25,26). The van der Waals surface area contributed by atoms with Crippen molar-refractivity contribution in [2.24, 2.45) is 0 Å². The lowest BCUT2D eigenvalue weighted by Crippen LogP contribution is -2.24. The van der Waals surface area contributed by atoms with Crippen LogP contribution in [0.15, 0.2) is 59.6 Å². The Hall–Kier alpha value is -2.99. The van der Waals surface area contributed by atoms with E-state index < -0.39 is 0 Å². The minimum Gasteiger partial charge on any atom is -0.457 e. The highest BCUT2D eigenvalue weighted by molar-refractivity contribution is 7.98. The first-order chi connectivity index (χ1) is 13.5. The molecule has 28 heavy (non-hydrogen) atoms. The predicted molar refractivity (Wildman–Crippen MR) is 114 cm³/mol. The number of nitrogens with one attached hydrogen (secondary N) is 1. The van der Waals surface area contributed by atoms with Gasteiger partial charge in [-0.3, -0.25) is 4.79 Å². The number of anilines is 1. The summed E-state index contributed by atoms with van der Waals surface area (Å²) in [6.45, 7) is 4.57. The van der Waals surface area contributed by atoms with E-state index in [0.717, 1.165) is 22.6 Å². The maximum absolute atomic E-state index is 12.2. The van der Waals surface area contributed by atoms with E-state index in [1.54, 1.807) is 30.1 Å². The van der Waals surface area contributed by atoms with Gasteiger partial charge in [-0.2, -0.15) is 0 Å². The van der Waals surface area contributed by atoms with Gasteiger partial charge in [0.1, 0.15) is 17.3 Å². The van der Waals surface area contributed by atoms with E-state index in [2.05, 4.69) is 36.5 Å². The lowest BCUT2D eigenvalue weighted by Gasteiger charge is -2.13. The van der Waals surface area contributed by atoms with Crippen molar-refractivity contribution >= 4 is 23.5 Å². The second kappa shape index (κ2) is 8.80. The Bertz CT molecular complexity index is 988. The zero-order chi connectivity index (χ0) is 20.1. The highest BCUT2D eigenvalue weighted by atomic mass is 32.2. The molecule has 3 aromatic rings. The molecule has 6 heteroatoms. The van der Waals surface area contributed by atoms with Crippen LogP contribution in [0.5, 0.6) is 11.5 Å². The third kappa shape index (κ3) is 4.46.